The number of esters is 2. The van der Waals surface area contributed by atoms with Gasteiger partial charge in [-0.3, -0.25) is 4.72 Å². The van der Waals surface area contributed by atoms with Crippen molar-refractivity contribution in [3.63, 3.8) is 0 Å². The zero-order valence-corrected chi connectivity index (χ0v) is 20.9. The Morgan fingerprint density at radius 2 is 1.79 bits per heavy atom. The molecule has 0 unspecified atom stereocenters. The lowest BCUT2D eigenvalue weighted by Crippen LogP contribution is -2.36. The van der Waals surface area contributed by atoms with Crippen LogP contribution < -0.4 is 4.72 Å². The average Bonchev–Trinajstić information content (AvgIpc) is 2.79. The molecule has 8 heteroatoms. The third kappa shape index (κ3) is 6.82. The van der Waals surface area contributed by atoms with E-state index in [9.17, 15) is 18.0 Å². The highest BCUT2D eigenvalue weighted by Gasteiger charge is 2.33. The lowest BCUT2D eigenvalue weighted by atomic mass is 9.75. The van der Waals surface area contributed by atoms with Gasteiger partial charge < -0.3 is 9.47 Å². The molecule has 0 amide bonds. The number of anilines is 1. The van der Waals surface area contributed by atoms with Crippen molar-refractivity contribution in [2.75, 3.05) is 11.3 Å². The van der Waals surface area contributed by atoms with E-state index in [1.165, 1.54) is 24.3 Å². The minimum absolute atomic E-state index is 0.0333. The molecule has 0 saturated heterocycles. The average molecular weight is 488 g/mol. The molecule has 0 aliphatic heterocycles. The molecular weight excluding hydrogens is 454 g/mol. The summed E-state index contributed by atoms with van der Waals surface area (Å²) in [6.45, 7) is 7.77. The summed E-state index contributed by atoms with van der Waals surface area (Å²) < 4.78 is 38.7. The Balaban J connectivity index is 1.60. The van der Waals surface area contributed by atoms with Crippen LogP contribution >= 0.6 is 0 Å². The lowest BCUT2D eigenvalue weighted by molar-refractivity contribution is -0.159. The predicted molar refractivity (Wildman–Crippen MR) is 130 cm³/mol. The molecule has 34 heavy (non-hydrogen) atoms. The maximum atomic E-state index is 12.7. The van der Waals surface area contributed by atoms with Gasteiger partial charge in [0, 0.05) is 5.69 Å². The smallest absolute Gasteiger partial charge is 0.344 e. The van der Waals surface area contributed by atoms with Crippen molar-refractivity contribution in [1.29, 1.82) is 0 Å². The Hall–Kier alpha value is -2.87. The molecule has 0 spiro atoms. The van der Waals surface area contributed by atoms with Crippen LogP contribution in [0.15, 0.2) is 53.4 Å². The minimum atomic E-state index is -3.90. The van der Waals surface area contributed by atoms with Gasteiger partial charge in [0.25, 0.3) is 10.0 Å². The molecule has 0 bridgehead atoms. The van der Waals surface area contributed by atoms with Crippen LogP contribution in [0.2, 0.25) is 0 Å². The van der Waals surface area contributed by atoms with Crippen molar-refractivity contribution in [2.45, 2.75) is 58.0 Å². The van der Waals surface area contributed by atoms with E-state index in [1.807, 2.05) is 6.92 Å². The Bertz CT molecular complexity index is 1110. The van der Waals surface area contributed by atoms with Crippen molar-refractivity contribution in [1.82, 2.24) is 0 Å². The molecule has 1 fully saturated rings. The van der Waals surface area contributed by atoms with Gasteiger partial charge in [-0.2, -0.15) is 0 Å². The number of sulfonamides is 1. The molecule has 0 aromatic heterocycles. The van der Waals surface area contributed by atoms with Crippen LogP contribution in [-0.2, 0) is 24.3 Å². The van der Waals surface area contributed by atoms with Crippen molar-refractivity contribution < 1.29 is 27.5 Å². The number of rotatable bonds is 8. The van der Waals surface area contributed by atoms with Crippen LogP contribution in [0, 0.1) is 24.7 Å². The van der Waals surface area contributed by atoms with Gasteiger partial charge in [0.1, 0.15) is 6.10 Å². The highest BCUT2D eigenvalue weighted by atomic mass is 32.2. The summed E-state index contributed by atoms with van der Waals surface area (Å²) in [5.74, 6) is -0.219. The maximum absolute atomic E-state index is 12.7. The van der Waals surface area contributed by atoms with Gasteiger partial charge >= 0.3 is 11.9 Å². The highest BCUT2D eigenvalue weighted by molar-refractivity contribution is 7.92. The molecule has 2 aromatic carbocycles. The molecule has 7 nitrogen and oxygen atoms in total. The summed E-state index contributed by atoms with van der Waals surface area (Å²) >= 11 is 0. The second kappa shape index (κ2) is 11.0. The third-order valence-corrected chi connectivity index (χ3v) is 7.63. The summed E-state index contributed by atoms with van der Waals surface area (Å²) in [7, 11) is -3.90. The van der Waals surface area contributed by atoms with Crippen molar-refractivity contribution in [2.24, 2.45) is 17.8 Å². The van der Waals surface area contributed by atoms with Crippen molar-refractivity contribution in [3.8, 4) is 0 Å². The van der Waals surface area contributed by atoms with Crippen LogP contribution in [0.3, 0.4) is 0 Å². The van der Waals surface area contributed by atoms with E-state index in [1.54, 1.807) is 24.3 Å². The minimum Gasteiger partial charge on any atom is -0.460 e. The number of hydrogen-bond donors (Lipinski definition) is 1. The molecule has 3 rings (SSSR count). The maximum Gasteiger partial charge on any atom is 0.344 e. The Kier molecular flexibility index (Phi) is 8.36. The number of ether oxygens (including phenoxy) is 2. The topological polar surface area (TPSA) is 98.8 Å². The summed E-state index contributed by atoms with van der Waals surface area (Å²) in [5.41, 5.74) is 1.45. The largest absolute Gasteiger partial charge is 0.460 e. The fraction of sp³-hybridized carbons (Fsp3) is 0.462. The third-order valence-electron chi connectivity index (χ3n) is 6.25. The predicted octanol–water partition coefficient (Wildman–Crippen LogP) is 4.96. The van der Waals surface area contributed by atoms with Crippen molar-refractivity contribution in [3.05, 3.63) is 59.7 Å². The van der Waals surface area contributed by atoms with Crippen LogP contribution in [-0.4, -0.2) is 33.1 Å². The number of carbonyl (C=O) groups excluding carboxylic acids is 2. The fourth-order valence-electron chi connectivity index (χ4n) is 4.29. The first-order valence-electron chi connectivity index (χ1n) is 11.6. The van der Waals surface area contributed by atoms with E-state index in [2.05, 4.69) is 25.5 Å². The van der Waals surface area contributed by atoms with Gasteiger partial charge in [-0.1, -0.05) is 51.0 Å². The lowest BCUT2D eigenvalue weighted by Gasteiger charge is -2.36. The van der Waals surface area contributed by atoms with E-state index >= 15 is 0 Å². The summed E-state index contributed by atoms with van der Waals surface area (Å²) in [6, 6.07) is 12.4. The van der Waals surface area contributed by atoms with Crippen LogP contribution in [0.5, 0.6) is 0 Å². The molecule has 0 heterocycles. The summed E-state index contributed by atoms with van der Waals surface area (Å²) in [6.07, 6.45) is 2.74. The second-order valence-corrected chi connectivity index (χ2v) is 11.1. The number of hydrogen-bond acceptors (Lipinski definition) is 6. The van der Waals surface area contributed by atoms with Gasteiger partial charge in [0.15, 0.2) is 6.61 Å². The standard InChI is InChI=1S/C26H33NO6S/c1-17(2)23-13-10-19(4)14-24(23)33-25(28)16-32-26(29)20-6-5-7-22(15-20)34(30,31)27-21-11-8-18(3)9-12-21/h5-9,11-12,15,17,19,23-24,27H,10,13-14,16H2,1-4H3/t19-,23-,24-/m0/s1. The highest BCUT2D eigenvalue weighted by Crippen LogP contribution is 2.35. The zero-order valence-electron chi connectivity index (χ0n) is 20.1. The molecular formula is C26H33NO6S. The number of nitrogens with one attached hydrogen (secondary N) is 1. The number of aryl methyl sites for hydroxylation is 1. The first-order chi connectivity index (χ1) is 16.0. The normalized spacial score (nSPS) is 20.6. The number of carbonyl (C=O) groups is 2. The monoisotopic (exact) mass is 487 g/mol. The van der Waals surface area contributed by atoms with Gasteiger partial charge in [0.2, 0.25) is 0 Å². The molecule has 184 valence electrons. The molecule has 1 aliphatic rings. The SMILES string of the molecule is Cc1ccc(NS(=O)(=O)c2cccc(C(=O)OCC(=O)O[C@H]3C[C@@H](C)CC[C@H]3C(C)C)c2)cc1. The fourth-order valence-corrected chi connectivity index (χ4v) is 5.39. The van der Waals surface area contributed by atoms with E-state index in [0.29, 0.717) is 23.4 Å². The Labute approximate surface area is 201 Å². The van der Waals surface area contributed by atoms with Gasteiger partial charge in [-0.05, 0) is 67.9 Å². The summed E-state index contributed by atoms with van der Waals surface area (Å²) in [5, 5.41) is 0. The van der Waals surface area contributed by atoms with E-state index in [-0.39, 0.29) is 16.6 Å². The first kappa shape index (κ1) is 25.7. The molecule has 0 radical (unpaired) electrons. The second-order valence-electron chi connectivity index (χ2n) is 9.43. The van der Waals surface area contributed by atoms with Crippen LogP contribution in [0.4, 0.5) is 5.69 Å². The Morgan fingerprint density at radius 3 is 2.47 bits per heavy atom. The van der Waals surface area contributed by atoms with E-state index < -0.39 is 28.6 Å². The van der Waals surface area contributed by atoms with E-state index in [4.69, 9.17) is 9.47 Å². The van der Waals surface area contributed by atoms with Crippen LogP contribution in [0.1, 0.15) is 56.0 Å². The van der Waals surface area contributed by atoms with E-state index in [0.717, 1.165) is 24.8 Å². The Morgan fingerprint density at radius 1 is 1.09 bits per heavy atom. The van der Waals surface area contributed by atoms with Gasteiger partial charge in [0.05, 0.1) is 10.5 Å². The van der Waals surface area contributed by atoms with Crippen LogP contribution in [0.25, 0.3) is 0 Å². The molecule has 1 aliphatic carbocycles. The zero-order chi connectivity index (χ0) is 24.9. The van der Waals surface area contributed by atoms with Gasteiger partial charge in [-0.15, -0.1) is 0 Å². The van der Waals surface area contributed by atoms with Crippen molar-refractivity contribution >= 4 is 27.6 Å². The number of benzene rings is 2. The molecule has 2 aromatic rings. The molecule has 1 saturated carbocycles. The molecule has 3 atom stereocenters. The first-order valence-corrected chi connectivity index (χ1v) is 13.1. The quantitative estimate of drug-likeness (QED) is 0.529. The summed E-state index contributed by atoms with van der Waals surface area (Å²) in [4.78, 5) is 24.8. The molecule has 1 N–H and O–H groups in total. The van der Waals surface area contributed by atoms with Gasteiger partial charge in [-0.25, -0.2) is 18.0 Å².